The third kappa shape index (κ3) is 1.74. The van der Waals surface area contributed by atoms with Gasteiger partial charge in [-0.15, -0.1) is 0 Å². The van der Waals surface area contributed by atoms with Crippen LogP contribution in [0.2, 0.25) is 0 Å². The van der Waals surface area contributed by atoms with Crippen LogP contribution in [-0.2, 0) is 0 Å². The van der Waals surface area contributed by atoms with Gasteiger partial charge in [0.2, 0.25) is 0 Å². The fraction of sp³-hybridized carbons (Fsp3) is 0.789. The van der Waals surface area contributed by atoms with Gasteiger partial charge in [-0.1, -0.05) is 37.6 Å². The third-order valence-corrected chi connectivity index (χ3v) is 8.88. The Morgan fingerprint density at radius 1 is 1.10 bits per heavy atom. The second-order valence-corrected chi connectivity index (χ2v) is 9.78. The zero-order chi connectivity index (χ0) is 14.0. The van der Waals surface area contributed by atoms with E-state index in [-0.39, 0.29) is 0 Å². The first kappa shape index (κ1) is 13.5. The molecule has 0 amide bonds. The van der Waals surface area contributed by atoms with Gasteiger partial charge in [-0.05, 0) is 73.9 Å². The molecule has 3 fully saturated rings. The van der Waals surface area contributed by atoms with E-state index in [4.69, 9.17) is 0 Å². The summed E-state index contributed by atoms with van der Waals surface area (Å²) in [6.45, 7) is 9.39. The van der Waals surface area contributed by atoms with Crippen LogP contribution < -0.4 is 0 Å². The number of hydrogen-bond donors (Lipinski definition) is 0. The average Bonchev–Trinajstić information content (AvgIpc) is 2.81. The van der Waals surface area contributed by atoms with Crippen molar-refractivity contribution < 1.29 is 0 Å². The van der Waals surface area contributed by atoms with Gasteiger partial charge in [0, 0.05) is 4.75 Å². The quantitative estimate of drug-likeness (QED) is 0.559. The van der Waals surface area contributed by atoms with Crippen molar-refractivity contribution >= 4 is 11.8 Å². The predicted molar refractivity (Wildman–Crippen MR) is 89.0 cm³/mol. The molecule has 1 heterocycles. The molecule has 5 atom stereocenters. The summed E-state index contributed by atoms with van der Waals surface area (Å²) < 4.78 is 0.622. The molecule has 4 aliphatic rings. The Bertz CT molecular complexity index is 476. The molecule has 0 spiro atoms. The van der Waals surface area contributed by atoms with Crippen molar-refractivity contribution in [1.29, 1.82) is 0 Å². The molecule has 4 rings (SSSR count). The van der Waals surface area contributed by atoms with Gasteiger partial charge >= 0.3 is 0 Å². The van der Waals surface area contributed by atoms with E-state index in [0.717, 1.165) is 17.8 Å². The molecule has 3 aliphatic carbocycles. The minimum absolute atomic E-state index is 0.513. The van der Waals surface area contributed by atoms with Crippen molar-refractivity contribution in [3.63, 3.8) is 0 Å². The summed E-state index contributed by atoms with van der Waals surface area (Å²) in [6, 6.07) is 0. The molecule has 0 nitrogen and oxygen atoms in total. The highest BCUT2D eigenvalue weighted by Gasteiger charge is 2.56. The van der Waals surface area contributed by atoms with Gasteiger partial charge in [0.25, 0.3) is 0 Å². The topological polar surface area (TPSA) is 0 Å². The van der Waals surface area contributed by atoms with Crippen LogP contribution in [0.1, 0.15) is 58.8 Å². The number of thioether (sulfide) groups is 1. The summed E-state index contributed by atoms with van der Waals surface area (Å²) in [4.78, 5) is 0. The van der Waals surface area contributed by atoms with Gasteiger partial charge in [0.1, 0.15) is 0 Å². The fourth-order valence-electron chi connectivity index (χ4n) is 6.05. The van der Waals surface area contributed by atoms with Crippen molar-refractivity contribution in [2.45, 2.75) is 63.5 Å². The summed E-state index contributed by atoms with van der Waals surface area (Å²) in [5, 5.41) is 0. The van der Waals surface area contributed by atoms with Crippen LogP contribution in [-0.4, -0.2) is 10.5 Å². The van der Waals surface area contributed by atoms with Crippen LogP contribution in [0, 0.1) is 23.2 Å². The third-order valence-electron chi connectivity index (χ3n) is 7.27. The largest absolute Gasteiger partial charge is 0.155 e. The van der Waals surface area contributed by atoms with E-state index < -0.39 is 0 Å². The molecule has 1 aliphatic heterocycles. The second kappa shape index (κ2) is 4.41. The standard InChI is InChI=1S/C19H28S/c1-13-6-9-18(2)14(12-13)4-5-15-16(18)7-10-19(3)17(15)8-11-20-19/h12,15-17H,1,4-11H2,2-3H3. The molecular weight excluding hydrogens is 260 g/mol. The number of allylic oxidation sites excluding steroid dienone is 3. The maximum atomic E-state index is 4.22. The number of hydrogen-bond acceptors (Lipinski definition) is 1. The van der Waals surface area contributed by atoms with E-state index in [1.807, 2.05) is 0 Å². The number of rotatable bonds is 0. The Balaban J connectivity index is 1.69. The highest BCUT2D eigenvalue weighted by Crippen LogP contribution is 2.64. The normalized spacial score (nSPS) is 51.0. The van der Waals surface area contributed by atoms with Crippen molar-refractivity contribution in [3.05, 3.63) is 23.8 Å². The minimum Gasteiger partial charge on any atom is -0.155 e. The average molecular weight is 289 g/mol. The lowest BCUT2D eigenvalue weighted by Gasteiger charge is -2.57. The summed E-state index contributed by atoms with van der Waals surface area (Å²) in [6.07, 6.45) is 12.3. The first-order valence-electron chi connectivity index (χ1n) is 8.56. The van der Waals surface area contributed by atoms with Crippen molar-refractivity contribution in [2.24, 2.45) is 23.2 Å². The van der Waals surface area contributed by atoms with E-state index >= 15 is 0 Å². The maximum Gasteiger partial charge on any atom is 0.0163 e. The molecule has 5 unspecified atom stereocenters. The summed E-state index contributed by atoms with van der Waals surface area (Å²) >= 11 is 2.28. The summed E-state index contributed by atoms with van der Waals surface area (Å²) in [5.41, 5.74) is 3.65. The molecule has 110 valence electrons. The van der Waals surface area contributed by atoms with Gasteiger partial charge in [0.05, 0.1) is 0 Å². The Hall–Kier alpha value is -0.170. The van der Waals surface area contributed by atoms with Crippen molar-refractivity contribution in [1.82, 2.24) is 0 Å². The fourth-order valence-corrected chi connectivity index (χ4v) is 7.66. The highest BCUT2D eigenvalue weighted by molar-refractivity contribution is 8.00. The van der Waals surface area contributed by atoms with E-state index in [0.29, 0.717) is 10.2 Å². The smallest absolute Gasteiger partial charge is 0.0163 e. The van der Waals surface area contributed by atoms with Crippen LogP contribution in [0.4, 0.5) is 0 Å². The van der Waals surface area contributed by atoms with Gasteiger partial charge < -0.3 is 0 Å². The van der Waals surface area contributed by atoms with Gasteiger partial charge in [0.15, 0.2) is 0 Å². The maximum absolute atomic E-state index is 4.22. The Morgan fingerprint density at radius 2 is 1.95 bits per heavy atom. The van der Waals surface area contributed by atoms with Crippen molar-refractivity contribution in [3.8, 4) is 0 Å². The predicted octanol–water partition coefficient (Wildman–Crippen LogP) is 5.60. The highest BCUT2D eigenvalue weighted by atomic mass is 32.2. The molecule has 0 aromatic heterocycles. The molecule has 20 heavy (non-hydrogen) atoms. The van der Waals surface area contributed by atoms with Crippen LogP contribution in [0.15, 0.2) is 23.8 Å². The molecule has 1 saturated heterocycles. The first-order valence-corrected chi connectivity index (χ1v) is 9.54. The minimum atomic E-state index is 0.513. The monoisotopic (exact) mass is 288 g/mol. The summed E-state index contributed by atoms with van der Waals surface area (Å²) in [7, 11) is 0. The molecule has 0 radical (unpaired) electrons. The van der Waals surface area contributed by atoms with E-state index in [1.165, 1.54) is 56.3 Å². The van der Waals surface area contributed by atoms with Crippen LogP contribution in [0.25, 0.3) is 0 Å². The second-order valence-electron chi connectivity index (χ2n) is 8.15. The van der Waals surface area contributed by atoms with Crippen LogP contribution >= 0.6 is 11.8 Å². The molecule has 0 aromatic rings. The molecule has 0 bridgehead atoms. The van der Waals surface area contributed by atoms with Gasteiger partial charge in [-0.2, -0.15) is 11.8 Å². The summed E-state index contributed by atoms with van der Waals surface area (Å²) in [5.74, 6) is 4.40. The SMILES string of the molecule is C=C1C=C2CCC3C4CCSC4(C)CCC3C2(C)CC1. The lowest BCUT2D eigenvalue weighted by atomic mass is 9.49. The van der Waals surface area contributed by atoms with E-state index in [1.54, 1.807) is 5.57 Å². The number of fused-ring (bicyclic) bond motifs is 5. The molecule has 2 saturated carbocycles. The van der Waals surface area contributed by atoms with Crippen LogP contribution in [0.5, 0.6) is 0 Å². The van der Waals surface area contributed by atoms with Gasteiger partial charge in [-0.25, -0.2) is 0 Å². The zero-order valence-electron chi connectivity index (χ0n) is 13.1. The lowest BCUT2D eigenvalue weighted by Crippen LogP contribution is -2.50. The Labute approximate surface area is 128 Å². The zero-order valence-corrected chi connectivity index (χ0v) is 13.9. The lowest BCUT2D eigenvalue weighted by molar-refractivity contribution is 0.00965. The van der Waals surface area contributed by atoms with Crippen molar-refractivity contribution in [2.75, 3.05) is 5.75 Å². The molecule has 0 N–H and O–H groups in total. The molecular formula is C19H28S. The molecule has 0 aromatic carbocycles. The van der Waals surface area contributed by atoms with Gasteiger partial charge in [-0.3, -0.25) is 0 Å². The first-order chi connectivity index (χ1) is 9.53. The van der Waals surface area contributed by atoms with E-state index in [2.05, 4.69) is 38.3 Å². The Kier molecular flexibility index (Phi) is 2.98. The Morgan fingerprint density at radius 3 is 2.80 bits per heavy atom. The molecule has 1 heteroatoms. The van der Waals surface area contributed by atoms with E-state index in [9.17, 15) is 0 Å². The van der Waals surface area contributed by atoms with Crippen LogP contribution in [0.3, 0.4) is 0 Å².